The number of aromatic nitrogens is 1. The van der Waals surface area contributed by atoms with Crippen LogP contribution >= 0.6 is 11.3 Å². The summed E-state index contributed by atoms with van der Waals surface area (Å²) in [6.07, 6.45) is 0. The molecule has 0 bridgehead atoms. The van der Waals surface area contributed by atoms with Gasteiger partial charge in [0.25, 0.3) is 5.91 Å². The number of anilines is 1. The van der Waals surface area contributed by atoms with Crippen LogP contribution in [0.5, 0.6) is 0 Å². The molecular formula is C26H22N4O2S. The lowest BCUT2D eigenvalue weighted by molar-refractivity contribution is 0.0940. The van der Waals surface area contributed by atoms with Crippen molar-refractivity contribution in [3.63, 3.8) is 0 Å². The van der Waals surface area contributed by atoms with Crippen molar-refractivity contribution in [2.75, 3.05) is 11.4 Å². The number of carbonyl (C=O) groups is 1. The topological polar surface area (TPSA) is 89.3 Å². The minimum Gasteiger partial charge on any atom is -0.510 e. The number of amidine groups is 1. The van der Waals surface area contributed by atoms with Crippen LogP contribution in [0.2, 0.25) is 0 Å². The van der Waals surface area contributed by atoms with Gasteiger partial charge in [-0.05, 0) is 42.8 Å². The molecule has 2 heterocycles. The van der Waals surface area contributed by atoms with Crippen LogP contribution in [0.4, 0.5) is 5.69 Å². The molecule has 1 aliphatic rings. The highest BCUT2D eigenvalue weighted by Gasteiger charge is 2.31. The molecular weight excluding hydrogens is 432 g/mol. The van der Waals surface area contributed by atoms with E-state index in [9.17, 15) is 9.90 Å². The first-order valence-corrected chi connectivity index (χ1v) is 11.4. The number of para-hydroxylation sites is 1. The zero-order valence-electron chi connectivity index (χ0n) is 17.9. The van der Waals surface area contributed by atoms with Gasteiger partial charge in [-0.2, -0.15) is 0 Å². The van der Waals surface area contributed by atoms with Crippen LogP contribution < -0.4 is 10.2 Å². The van der Waals surface area contributed by atoms with Crippen molar-refractivity contribution < 1.29 is 9.90 Å². The van der Waals surface area contributed by atoms with Crippen molar-refractivity contribution in [2.24, 2.45) is 0 Å². The SMILES string of the molecule is C[C@H](NC(=O)c1cccc(N2CC(O)=C(c3nc4ccccc4s3)C2=N)c1)c1ccccc1. The van der Waals surface area contributed by atoms with E-state index in [4.69, 9.17) is 5.41 Å². The van der Waals surface area contributed by atoms with Crippen LogP contribution in [0.3, 0.4) is 0 Å². The average molecular weight is 455 g/mol. The fourth-order valence-electron chi connectivity index (χ4n) is 3.92. The monoisotopic (exact) mass is 454 g/mol. The molecule has 7 heteroatoms. The van der Waals surface area contributed by atoms with Gasteiger partial charge in [0.15, 0.2) is 0 Å². The first kappa shape index (κ1) is 20.9. The summed E-state index contributed by atoms with van der Waals surface area (Å²) in [6, 6.07) is 24.5. The van der Waals surface area contributed by atoms with E-state index in [-0.39, 0.29) is 30.1 Å². The molecule has 3 aromatic carbocycles. The average Bonchev–Trinajstić information content (AvgIpc) is 3.39. The van der Waals surface area contributed by atoms with Crippen molar-refractivity contribution in [2.45, 2.75) is 13.0 Å². The maximum atomic E-state index is 12.9. The summed E-state index contributed by atoms with van der Waals surface area (Å²) in [7, 11) is 0. The Hall–Kier alpha value is -3.97. The smallest absolute Gasteiger partial charge is 0.251 e. The van der Waals surface area contributed by atoms with E-state index in [0.29, 0.717) is 21.8 Å². The molecule has 0 saturated carbocycles. The summed E-state index contributed by atoms with van der Waals surface area (Å²) >= 11 is 1.45. The predicted molar refractivity (Wildman–Crippen MR) is 133 cm³/mol. The third kappa shape index (κ3) is 3.99. The Morgan fingerprint density at radius 2 is 1.85 bits per heavy atom. The van der Waals surface area contributed by atoms with Crippen LogP contribution in [0.15, 0.2) is 84.6 Å². The second kappa shape index (κ2) is 8.52. The van der Waals surface area contributed by atoms with E-state index < -0.39 is 0 Å². The first-order valence-electron chi connectivity index (χ1n) is 10.6. The fraction of sp³-hybridized carbons (Fsp3) is 0.115. The minimum absolute atomic E-state index is 0.103. The maximum absolute atomic E-state index is 12.9. The molecule has 0 saturated heterocycles. The van der Waals surface area contributed by atoms with E-state index in [1.165, 1.54) is 11.3 Å². The number of thiazole rings is 1. The summed E-state index contributed by atoms with van der Waals surface area (Å²) < 4.78 is 1.00. The number of nitrogens with one attached hydrogen (secondary N) is 2. The van der Waals surface area contributed by atoms with Gasteiger partial charge in [-0.3, -0.25) is 10.2 Å². The van der Waals surface area contributed by atoms with Gasteiger partial charge in [-0.15, -0.1) is 11.3 Å². The number of fused-ring (bicyclic) bond motifs is 1. The van der Waals surface area contributed by atoms with E-state index in [0.717, 1.165) is 15.8 Å². The second-order valence-corrected chi connectivity index (χ2v) is 8.93. The molecule has 33 heavy (non-hydrogen) atoms. The molecule has 164 valence electrons. The first-order chi connectivity index (χ1) is 16.0. The van der Waals surface area contributed by atoms with Crippen LogP contribution in [-0.2, 0) is 0 Å². The normalized spacial score (nSPS) is 14.7. The van der Waals surface area contributed by atoms with E-state index >= 15 is 0 Å². The molecule has 0 radical (unpaired) electrons. The van der Waals surface area contributed by atoms with Crippen molar-refractivity contribution >= 4 is 44.6 Å². The van der Waals surface area contributed by atoms with Crippen LogP contribution in [0.25, 0.3) is 15.8 Å². The van der Waals surface area contributed by atoms with Crippen molar-refractivity contribution in [3.8, 4) is 0 Å². The lowest BCUT2D eigenvalue weighted by Gasteiger charge is -2.20. The maximum Gasteiger partial charge on any atom is 0.251 e. The highest BCUT2D eigenvalue weighted by molar-refractivity contribution is 7.19. The molecule has 4 aromatic rings. The molecule has 3 N–H and O–H groups in total. The zero-order valence-corrected chi connectivity index (χ0v) is 18.8. The Morgan fingerprint density at radius 1 is 1.09 bits per heavy atom. The van der Waals surface area contributed by atoms with Gasteiger partial charge >= 0.3 is 0 Å². The lowest BCUT2D eigenvalue weighted by Crippen LogP contribution is -2.28. The number of hydrogen-bond acceptors (Lipinski definition) is 5. The predicted octanol–water partition coefficient (Wildman–Crippen LogP) is 5.55. The summed E-state index contributed by atoms with van der Waals surface area (Å²) in [5.74, 6) is 0.0795. The van der Waals surface area contributed by atoms with E-state index in [1.807, 2.05) is 67.6 Å². The Bertz CT molecular complexity index is 1360. The van der Waals surface area contributed by atoms with Gasteiger partial charge in [-0.25, -0.2) is 4.98 Å². The number of aliphatic hydroxyl groups is 1. The third-order valence-electron chi connectivity index (χ3n) is 5.68. The van der Waals surface area contributed by atoms with Gasteiger partial charge in [0.05, 0.1) is 28.4 Å². The van der Waals surface area contributed by atoms with Crippen molar-refractivity contribution in [1.29, 1.82) is 5.41 Å². The van der Waals surface area contributed by atoms with Gasteiger partial charge in [0.1, 0.15) is 16.6 Å². The third-order valence-corrected chi connectivity index (χ3v) is 6.73. The van der Waals surface area contributed by atoms with Crippen LogP contribution in [0, 0.1) is 5.41 Å². The van der Waals surface area contributed by atoms with Crippen molar-refractivity contribution in [1.82, 2.24) is 10.3 Å². The van der Waals surface area contributed by atoms with Gasteiger partial charge in [-0.1, -0.05) is 48.5 Å². The molecule has 1 amide bonds. The number of rotatable bonds is 5. The molecule has 0 fully saturated rings. The lowest BCUT2D eigenvalue weighted by atomic mass is 10.1. The number of carbonyl (C=O) groups excluding carboxylic acids is 1. The molecule has 1 atom stereocenters. The Morgan fingerprint density at radius 3 is 2.64 bits per heavy atom. The number of aliphatic hydroxyl groups excluding tert-OH is 1. The summed E-state index contributed by atoms with van der Waals surface area (Å²) in [5.41, 5.74) is 3.47. The summed E-state index contributed by atoms with van der Waals surface area (Å²) in [6.45, 7) is 2.11. The second-order valence-electron chi connectivity index (χ2n) is 7.90. The highest BCUT2D eigenvalue weighted by Crippen LogP contribution is 2.35. The number of benzene rings is 3. The van der Waals surface area contributed by atoms with E-state index in [2.05, 4.69) is 10.3 Å². The van der Waals surface area contributed by atoms with Crippen LogP contribution in [-0.4, -0.2) is 28.4 Å². The molecule has 0 unspecified atom stereocenters. The van der Waals surface area contributed by atoms with Crippen LogP contribution in [0.1, 0.15) is 33.9 Å². The summed E-state index contributed by atoms with van der Waals surface area (Å²) in [4.78, 5) is 19.2. The number of hydrogen-bond donors (Lipinski definition) is 3. The van der Waals surface area contributed by atoms with Gasteiger partial charge < -0.3 is 15.3 Å². The standard InChI is InChI=1S/C26H22N4O2S/c1-16(17-8-3-2-4-9-17)28-25(32)18-10-7-11-19(14-18)30-15-21(31)23(24(30)27)26-29-20-12-5-6-13-22(20)33-26/h2-14,16,27,31H,15H2,1H3,(H,28,32)/t16-/m0/s1. The van der Waals surface area contributed by atoms with E-state index in [1.54, 1.807) is 23.1 Å². The fourth-order valence-corrected chi connectivity index (χ4v) is 4.96. The van der Waals surface area contributed by atoms with Gasteiger partial charge in [0, 0.05) is 11.3 Å². The Labute approximate surface area is 195 Å². The minimum atomic E-state index is -0.192. The zero-order chi connectivity index (χ0) is 22.9. The number of amides is 1. The van der Waals surface area contributed by atoms with Gasteiger partial charge in [0.2, 0.25) is 0 Å². The molecule has 1 aromatic heterocycles. The molecule has 0 spiro atoms. The Kier molecular flexibility index (Phi) is 5.40. The number of nitrogens with zero attached hydrogens (tertiary/aromatic N) is 2. The Balaban J connectivity index is 1.37. The van der Waals surface area contributed by atoms with Crippen molar-refractivity contribution in [3.05, 3.63) is 101 Å². The quantitative estimate of drug-likeness (QED) is 0.369. The highest BCUT2D eigenvalue weighted by atomic mass is 32.1. The summed E-state index contributed by atoms with van der Waals surface area (Å²) in [5, 5.41) is 23.0. The molecule has 5 rings (SSSR count). The molecule has 0 aliphatic carbocycles. The molecule has 6 nitrogen and oxygen atoms in total. The molecule has 1 aliphatic heterocycles. The largest absolute Gasteiger partial charge is 0.510 e.